The van der Waals surface area contributed by atoms with E-state index in [4.69, 9.17) is 4.74 Å². The molecule has 2 aliphatic rings. The summed E-state index contributed by atoms with van der Waals surface area (Å²) >= 11 is 0. The summed E-state index contributed by atoms with van der Waals surface area (Å²) in [6, 6.07) is 0. The van der Waals surface area contributed by atoms with Gasteiger partial charge in [-0.15, -0.1) is 0 Å². The summed E-state index contributed by atoms with van der Waals surface area (Å²) < 4.78 is 29.0. The van der Waals surface area contributed by atoms with Crippen molar-refractivity contribution in [2.24, 2.45) is 0 Å². The van der Waals surface area contributed by atoms with Crippen LogP contribution in [0.3, 0.4) is 0 Å². The zero-order valence-electron chi connectivity index (χ0n) is 10.4. The van der Waals surface area contributed by atoms with Crippen LogP contribution >= 0.6 is 0 Å². The molecule has 0 amide bonds. The fourth-order valence-electron chi connectivity index (χ4n) is 2.61. The number of rotatable bonds is 3. The molecule has 1 unspecified atom stereocenters. The summed E-state index contributed by atoms with van der Waals surface area (Å²) in [7, 11) is -2.88. The first-order valence-electron chi connectivity index (χ1n) is 6.69. The maximum absolute atomic E-state index is 11.8. The van der Waals surface area contributed by atoms with Crippen LogP contribution in [-0.4, -0.2) is 26.0 Å². The molecule has 4 heteroatoms. The molecule has 1 saturated carbocycles. The lowest BCUT2D eigenvalue weighted by molar-refractivity contribution is 0.234. The van der Waals surface area contributed by atoms with Crippen molar-refractivity contribution in [2.45, 2.75) is 56.6 Å². The van der Waals surface area contributed by atoms with E-state index in [0.29, 0.717) is 12.4 Å². The van der Waals surface area contributed by atoms with Gasteiger partial charge in [-0.1, -0.05) is 12.8 Å². The third kappa shape index (κ3) is 3.73. The van der Waals surface area contributed by atoms with E-state index in [0.717, 1.165) is 32.1 Å². The van der Waals surface area contributed by atoms with Gasteiger partial charge in [-0.25, -0.2) is 8.42 Å². The standard InChI is InChI=1S/C13H22O3S/c14-17(15)9-5-4-8-13(17)11-16-10-12-6-2-1-3-7-12/h10,13H,1-9,11H2. The molecule has 0 bridgehead atoms. The SMILES string of the molecule is O=S1(=O)CCCCC1COC=C1CCCCC1. The molecular weight excluding hydrogens is 236 g/mol. The van der Waals surface area contributed by atoms with E-state index in [1.807, 2.05) is 6.26 Å². The van der Waals surface area contributed by atoms with E-state index in [9.17, 15) is 8.42 Å². The average molecular weight is 258 g/mol. The third-order valence-corrected chi connectivity index (χ3v) is 5.99. The van der Waals surface area contributed by atoms with E-state index in [2.05, 4.69) is 0 Å². The van der Waals surface area contributed by atoms with E-state index in [-0.39, 0.29) is 5.25 Å². The second-order valence-corrected chi connectivity index (χ2v) is 7.56. The normalized spacial score (nSPS) is 28.7. The van der Waals surface area contributed by atoms with Crippen molar-refractivity contribution in [3.8, 4) is 0 Å². The Balaban J connectivity index is 1.81. The topological polar surface area (TPSA) is 43.4 Å². The van der Waals surface area contributed by atoms with Crippen LogP contribution in [-0.2, 0) is 14.6 Å². The highest BCUT2D eigenvalue weighted by Gasteiger charge is 2.28. The zero-order valence-corrected chi connectivity index (χ0v) is 11.2. The van der Waals surface area contributed by atoms with Crippen molar-refractivity contribution in [3.63, 3.8) is 0 Å². The van der Waals surface area contributed by atoms with Crippen LogP contribution in [0, 0.1) is 0 Å². The van der Waals surface area contributed by atoms with Gasteiger partial charge in [0.15, 0.2) is 9.84 Å². The van der Waals surface area contributed by atoms with Gasteiger partial charge in [0.25, 0.3) is 0 Å². The average Bonchev–Trinajstić information content (AvgIpc) is 2.32. The Hall–Kier alpha value is -0.510. The number of ether oxygens (including phenoxy) is 1. The Morgan fingerprint density at radius 1 is 1.12 bits per heavy atom. The molecule has 2 rings (SSSR count). The van der Waals surface area contributed by atoms with E-state index >= 15 is 0 Å². The lowest BCUT2D eigenvalue weighted by Gasteiger charge is -2.22. The maximum atomic E-state index is 11.8. The van der Waals surface area contributed by atoms with Crippen molar-refractivity contribution >= 4 is 9.84 Å². The maximum Gasteiger partial charge on any atom is 0.156 e. The first-order chi connectivity index (χ1) is 8.18. The highest BCUT2D eigenvalue weighted by molar-refractivity contribution is 7.92. The predicted molar refractivity (Wildman–Crippen MR) is 68.5 cm³/mol. The molecule has 1 aliphatic carbocycles. The number of hydrogen-bond acceptors (Lipinski definition) is 3. The molecule has 0 spiro atoms. The number of hydrogen-bond donors (Lipinski definition) is 0. The van der Waals surface area contributed by atoms with Crippen LogP contribution in [0.15, 0.2) is 11.8 Å². The molecule has 1 aliphatic heterocycles. The Bertz CT molecular complexity index is 362. The highest BCUT2D eigenvalue weighted by atomic mass is 32.2. The summed E-state index contributed by atoms with van der Waals surface area (Å²) in [5, 5.41) is -0.267. The molecule has 0 N–H and O–H groups in total. The van der Waals surface area contributed by atoms with Crippen LogP contribution < -0.4 is 0 Å². The van der Waals surface area contributed by atoms with Crippen molar-refractivity contribution in [1.29, 1.82) is 0 Å². The Kier molecular flexibility index (Phi) is 4.48. The summed E-state index contributed by atoms with van der Waals surface area (Å²) in [6.45, 7) is 0.353. The number of sulfone groups is 1. The molecule has 3 nitrogen and oxygen atoms in total. The molecule has 0 aromatic rings. The van der Waals surface area contributed by atoms with Crippen LogP contribution in [0.5, 0.6) is 0 Å². The quantitative estimate of drug-likeness (QED) is 0.731. The van der Waals surface area contributed by atoms with Gasteiger partial charge in [0.05, 0.1) is 17.3 Å². The van der Waals surface area contributed by atoms with Gasteiger partial charge >= 0.3 is 0 Å². The van der Waals surface area contributed by atoms with Gasteiger partial charge in [-0.3, -0.25) is 0 Å². The monoisotopic (exact) mass is 258 g/mol. The van der Waals surface area contributed by atoms with Crippen LogP contribution in [0.25, 0.3) is 0 Å². The van der Waals surface area contributed by atoms with Crippen molar-refractivity contribution in [2.75, 3.05) is 12.4 Å². The predicted octanol–water partition coefficient (Wildman–Crippen LogP) is 2.82. The highest BCUT2D eigenvalue weighted by Crippen LogP contribution is 2.23. The minimum absolute atomic E-state index is 0.267. The smallest absolute Gasteiger partial charge is 0.156 e. The first-order valence-corrected chi connectivity index (χ1v) is 8.41. The second-order valence-electron chi connectivity index (χ2n) is 5.15. The molecule has 1 saturated heterocycles. The fourth-order valence-corrected chi connectivity index (χ4v) is 4.36. The van der Waals surface area contributed by atoms with Crippen molar-refractivity contribution in [1.82, 2.24) is 0 Å². The van der Waals surface area contributed by atoms with Gasteiger partial charge < -0.3 is 4.74 Å². The summed E-state index contributed by atoms with van der Waals surface area (Å²) in [5.41, 5.74) is 1.35. The molecule has 98 valence electrons. The van der Waals surface area contributed by atoms with Crippen molar-refractivity contribution in [3.05, 3.63) is 11.8 Å². The lowest BCUT2D eigenvalue weighted by Crippen LogP contribution is -2.31. The molecule has 0 radical (unpaired) electrons. The Morgan fingerprint density at radius 2 is 1.88 bits per heavy atom. The summed E-state index contributed by atoms with van der Waals surface area (Å²) in [6.07, 6.45) is 10.5. The van der Waals surface area contributed by atoms with Crippen LogP contribution in [0.2, 0.25) is 0 Å². The molecule has 0 aromatic carbocycles. The largest absolute Gasteiger partial charge is 0.500 e. The van der Waals surface area contributed by atoms with Gasteiger partial charge in [0.2, 0.25) is 0 Å². The fraction of sp³-hybridized carbons (Fsp3) is 0.846. The zero-order chi connectivity index (χ0) is 12.1. The summed E-state index contributed by atoms with van der Waals surface area (Å²) in [4.78, 5) is 0. The third-order valence-electron chi connectivity index (χ3n) is 3.74. The minimum atomic E-state index is -2.88. The van der Waals surface area contributed by atoms with Crippen LogP contribution in [0.4, 0.5) is 0 Å². The second kappa shape index (κ2) is 5.89. The summed E-state index contributed by atoms with van der Waals surface area (Å²) in [5.74, 6) is 0.345. The van der Waals surface area contributed by atoms with E-state index in [1.165, 1.54) is 24.8 Å². The Morgan fingerprint density at radius 3 is 2.59 bits per heavy atom. The van der Waals surface area contributed by atoms with Crippen molar-refractivity contribution < 1.29 is 13.2 Å². The van der Waals surface area contributed by atoms with E-state index < -0.39 is 9.84 Å². The number of allylic oxidation sites excluding steroid dienone is 1. The lowest BCUT2D eigenvalue weighted by atomic mass is 9.96. The molecule has 0 aromatic heterocycles. The molecule has 1 atom stereocenters. The molecule has 1 heterocycles. The Labute approximate surface area is 104 Å². The minimum Gasteiger partial charge on any atom is -0.500 e. The van der Waals surface area contributed by atoms with Gasteiger partial charge in [-0.05, 0) is 44.1 Å². The molecular formula is C13H22O3S. The first kappa shape index (κ1) is 12.9. The van der Waals surface area contributed by atoms with Gasteiger partial charge in [0.1, 0.15) is 6.61 Å². The molecule has 2 fully saturated rings. The van der Waals surface area contributed by atoms with Gasteiger partial charge in [0, 0.05) is 0 Å². The van der Waals surface area contributed by atoms with E-state index in [1.54, 1.807) is 0 Å². The molecule has 17 heavy (non-hydrogen) atoms. The van der Waals surface area contributed by atoms with Gasteiger partial charge in [-0.2, -0.15) is 0 Å². The van der Waals surface area contributed by atoms with Crippen LogP contribution in [0.1, 0.15) is 51.4 Å².